The molecule has 1 aromatic carbocycles. The first kappa shape index (κ1) is 12.2. The molecule has 2 nitrogen and oxygen atoms in total. The molecule has 1 unspecified atom stereocenters. The van der Waals surface area contributed by atoms with Crippen molar-refractivity contribution in [1.82, 2.24) is 4.90 Å². The quantitative estimate of drug-likeness (QED) is 0.815. The Morgan fingerprint density at radius 2 is 1.94 bits per heavy atom. The summed E-state index contributed by atoms with van der Waals surface area (Å²) >= 11 is 5.66. The SMILES string of the molecule is CN1[C@@H]2CC[C@H]1CC(Oc1ccc(Cl)c(F)c1)C2. The molecule has 0 saturated carbocycles. The van der Waals surface area contributed by atoms with Gasteiger partial charge in [-0.25, -0.2) is 4.39 Å². The Morgan fingerprint density at radius 3 is 2.56 bits per heavy atom. The zero-order chi connectivity index (χ0) is 12.7. The summed E-state index contributed by atoms with van der Waals surface area (Å²) in [5, 5.41) is 0.144. The van der Waals surface area contributed by atoms with Gasteiger partial charge in [-0.05, 0) is 44.9 Å². The molecule has 0 aromatic heterocycles. The number of nitrogens with zero attached hydrogens (tertiary/aromatic N) is 1. The van der Waals surface area contributed by atoms with Crippen LogP contribution in [0.5, 0.6) is 5.75 Å². The number of benzene rings is 1. The molecular weight excluding hydrogens is 253 g/mol. The molecule has 2 aliphatic heterocycles. The van der Waals surface area contributed by atoms with Crippen LogP contribution in [0, 0.1) is 5.82 Å². The van der Waals surface area contributed by atoms with Gasteiger partial charge in [0.25, 0.3) is 0 Å². The molecule has 0 amide bonds. The summed E-state index contributed by atoms with van der Waals surface area (Å²) in [6.45, 7) is 0. The van der Waals surface area contributed by atoms with E-state index in [0.29, 0.717) is 17.8 Å². The smallest absolute Gasteiger partial charge is 0.145 e. The Balaban J connectivity index is 1.68. The number of rotatable bonds is 2. The molecule has 0 aliphatic carbocycles. The first-order chi connectivity index (χ1) is 8.63. The van der Waals surface area contributed by atoms with Crippen LogP contribution in [0.4, 0.5) is 4.39 Å². The second kappa shape index (κ2) is 4.71. The van der Waals surface area contributed by atoms with E-state index in [2.05, 4.69) is 11.9 Å². The molecule has 4 heteroatoms. The predicted molar refractivity (Wildman–Crippen MR) is 69.6 cm³/mol. The first-order valence-electron chi connectivity index (χ1n) is 6.47. The van der Waals surface area contributed by atoms with Crippen LogP contribution in [0.2, 0.25) is 5.02 Å². The lowest BCUT2D eigenvalue weighted by Crippen LogP contribution is -2.43. The fraction of sp³-hybridized carbons (Fsp3) is 0.571. The maximum atomic E-state index is 13.3. The highest BCUT2D eigenvalue weighted by Gasteiger charge is 2.39. The van der Waals surface area contributed by atoms with Crippen LogP contribution in [0.3, 0.4) is 0 Å². The second-order valence-electron chi connectivity index (χ2n) is 5.34. The van der Waals surface area contributed by atoms with E-state index in [-0.39, 0.29) is 11.1 Å². The van der Waals surface area contributed by atoms with Crippen molar-refractivity contribution in [1.29, 1.82) is 0 Å². The summed E-state index contributed by atoms with van der Waals surface area (Å²) in [5.74, 6) is 0.177. The molecular formula is C14H17ClFNO. The monoisotopic (exact) mass is 269 g/mol. The van der Waals surface area contributed by atoms with Crippen molar-refractivity contribution in [2.24, 2.45) is 0 Å². The van der Waals surface area contributed by atoms with Crippen LogP contribution in [0.1, 0.15) is 25.7 Å². The Bertz CT molecular complexity index is 439. The minimum absolute atomic E-state index is 0.144. The van der Waals surface area contributed by atoms with E-state index in [1.165, 1.54) is 18.9 Å². The summed E-state index contributed by atoms with van der Waals surface area (Å²) in [7, 11) is 2.19. The molecule has 0 radical (unpaired) electrons. The van der Waals surface area contributed by atoms with Gasteiger partial charge in [-0.1, -0.05) is 11.6 Å². The molecule has 0 N–H and O–H groups in total. The minimum atomic E-state index is -0.412. The number of halogens is 2. The van der Waals surface area contributed by atoms with Crippen molar-refractivity contribution in [3.05, 3.63) is 29.0 Å². The van der Waals surface area contributed by atoms with Crippen LogP contribution < -0.4 is 4.74 Å². The van der Waals surface area contributed by atoms with Gasteiger partial charge in [0.05, 0.1) is 5.02 Å². The maximum Gasteiger partial charge on any atom is 0.145 e. The van der Waals surface area contributed by atoms with Crippen molar-refractivity contribution in [3.63, 3.8) is 0 Å². The van der Waals surface area contributed by atoms with Gasteiger partial charge in [0.15, 0.2) is 0 Å². The molecule has 2 aliphatic rings. The van der Waals surface area contributed by atoms with E-state index in [1.807, 2.05) is 0 Å². The minimum Gasteiger partial charge on any atom is -0.490 e. The van der Waals surface area contributed by atoms with Gasteiger partial charge in [-0.3, -0.25) is 0 Å². The van der Waals surface area contributed by atoms with Gasteiger partial charge >= 0.3 is 0 Å². The average molecular weight is 270 g/mol. The normalized spacial score (nSPS) is 31.6. The summed E-state index contributed by atoms with van der Waals surface area (Å²) in [6, 6.07) is 5.93. The van der Waals surface area contributed by atoms with Crippen LogP contribution in [0.25, 0.3) is 0 Å². The van der Waals surface area contributed by atoms with Gasteiger partial charge in [0, 0.05) is 18.2 Å². The Hall–Kier alpha value is -0.800. The van der Waals surface area contributed by atoms with Gasteiger partial charge in [0.2, 0.25) is 0 Å². The van der Waals surface area contributed by atoms with E-state index in [0.717, 1.165) is 12.8 Å². The number of hydrogen-bond donors (Lipinski definition) is 0. The fourth-order valence-corrected chi connectivity index (χ4v) is 3.32. The van der Waals surface area contributed by atoms with E-state index in [9.17, 15) is 4.39 Å². The van der Waals surface area contributed by atoms with Gasteiger partial charge < -0.3 is 9.64 Å². The fourth-order valence-electron chi connectivity index (χ4n) is 3.20. The third kappa shape index (κ3) is 2.21. The average Bonchev–Trinajstić information content (AvgIpc) is 2.58. The number of piperidine rings is 1. The summed E-state index contributed by atoms with van der Waals surface area (Å²) < 4.78 is 19.2. The molecule has 0 spiro atoms. The lowest BCUT2D eigenvalue weighted by atomic mass is 10.0. The zero-order valence-electron chi connectivity index (χ0n) is 10.4. The molecule has 2 fully saturated rings. The van der Waals surface area contributed by atoms with Crippen molar-refractivity contribution in [2.45, 2.75) is 43.9 Å². The first-order valence-corrected chi connectivity index (χ1v) is 6.85. The van der Waals surface area contributed by atoms with Gasteiger partial charge in [-0.15, -0.1) is 0 Å². The van der Waals surface area contributed by atoms with Crippen molar-refractivity contribution < 1.29 is 9.13 Å². The number of fused-ring (bicyclic) bond motifs is 2. The lowest BCUT2D eigenvalue weighted by Gasteiger charge is -2.36. The van der Waals surface area contributed by atoms with E-state index in [1.54, 1.807) is 12.1 Å². The van der Waals surface area contributed by atoms with Crippen LogP contribution in [0.15, 0.2) is 18.2 Å². The predicted octanol–water partition coefficient (Wildman–Crippen LogP) is 3.48. The summed E-state index contributed by atoms with van der Waals surface area (Å²) in [4.78, 5) is 2.46. The van der Waals surface area contributed by atoms with Crippen LogP contribution in [-0.2, 0) is 0 Å². The number of hydrogen-bond acceptors (Lipinski definition) is 2. The van der Waals surface area contributed by atoms with Gasteiger partial charge in [0.1, 0.15) is 17.7 Å². The molecule has 2 heterocycles. The Kier molecular flexibility index (Phi) is 3.20. The molecule has 2 saturated heterocycles. The topological polar surface area (TPSA) is 12.5 Å². The third-order valence-electron chi connectivity index (χ3n) is 4.25. The lowest BCUT2D eigenvalue weighted by molar-refractivity contribution is 0.0660. The van der Waals surface area contributed by atoms with Crippen molar-refractivity contribution in [3.8, 4) is 5.75 Å². The highest BCUT2D eigenvalue weighted by molar-refractivity contribution is 6.30. The molecule has 3 atom stereocenters. The molecule has 2 bridgehead atoms. The molecule has 3 rings (SSSR count). The van der Waals surface area contributed by atoms with E-state index >= 15 is 0 Å². The maximum absolute atomic E-state index is 13.3. The summed E-state index contributed by atoms with van der Waals surface area (Å²) in [5.41, 5.74) is 0. The van der Waals surface area contributed by atoms with Crippen LogP contribution in [-0.4, -0.2) is 30.1 Å². The van der Waals surface area contributed by atoms with E-state index in [4.69, 9.17) is 16.3 Å². The van der Waals surface area contributed by atoms with Crippen molar-refractivity contribution in [2.75, 3.05) is 7.05 Å². The zero-order valence-corrected chi connectivity index (χ0v) is 11.2. The summed E-state index contributed by atoms with van der Waals surface area (Å²) in [6.07, 6.45) is 4.81. The largest absolute Gasteiger partial charge is 0.490 e. The second-order valence-corrected chi connectivity index (χ2v) is 5.74. The highest BCUT2D eigenvalue weighted by atomic mass is 35.5. The van der Waals surface area contributed by atoms with Gasteiger partial charge in [-0.2, -0.15) is 0 Å². The number of ether oxygens (including phenoxy) is 1. The molecule has 18 heavy (non-hydrogen) atoms. The standard InChI is InChI=1S/C14H17ClFNO/c1-17-9-2-3-10(17)7-12(6-9)18-11-4-5-13(15)14(16)8-11/h4-5,8-10,12H,2-3,6-7H2,1H3/t9-,10+,12?. The molecule has 1 aromatic rings. The third-order valence-corrected chi connectivity index (χ3v) is 4.56. The van der Waals surface area contributed by atoms with Crippen molar-refractivity contribution >= 4 is 11.6 Å². The molecule has 98 valence electrons. The Labute approximate surface area is 112 Å². The Morgan fingerprint density at radius 1 is 1.28 bits per heavy atom. The van der Waals surface area contributed by atoms with E-state index < -0.39 is 5.82 Å². The van der Waals surface area contributed by atoms with Crippen LogP contribution >= 0.6 is 11.6 Å². The highest BCUT2D eigenvalue weighted by Crippen LogP contribution is 2.36.